The van der Waals surface area contributed by atoms with Crippen molar-refractivity contribution in [2.24, 2.45) is 0 Å². The monoisotopic (exact) mass is 306 g/mol. The van der Waals surface area contributed by atoms with E-state index >= 15 is 0 Å². The van der Waals surface area contributed by atoms with E-state index in [-0.39, 0.29) is 11.8 Å². The molecule has 2 N–H and O–H groups in total. The van der Waals surface area contributed by atoms with Gasteiger partial charge in [0.1, 0.15) is 5.75 Å². The standard InChI is InChI=1S/C14H15BrN2O/c1-10(13-4-2-3-7-16-13)17-9-11-5-6-14(18)12(15)8-11/h2-8,10,17-18H,9H2,1H3/t10-/m0/s1. The molecule has 0 spiro atoms. The number of benzene rings is 1. The van der Waals surface area contributed by atoms with Crippen LogP contribution in [0.4, 0.5) is 0 Å². The van der Waals surface area contributed by atoms with Crippen molar-refractivity contribution < 1.29 is 5.11 Å². The Balaban J connectivity index is 1.97. The summed E-state index contributed by atoms with van der Waals surface area (Å²) in [5.41, 5.74) is 2.14. The molecule has 0 fully saturated rings. The smallest absolute Gasteiger partial charge is 0.129 e. The summed E-state index contributed by atoms with van der Waals surface area (Å²) in [5, 5.41) is 12.8. The number of phenols is 1. The number of nitrogens with zero attached hydrogens (tertiary/aromatic N) is 1. The Morgan fingerprint density at radius 1 is 1.33 bits per heavy atom. The molecule has 0 saturated carbocycles. The van der Waals surface area contributed by atoms with Gasteiger partial charge in [-0.3, -0.25) is 4.98 Å². The number of pyridine rings is 1. The van der Waals surface area contributed by atoms with Crippen molar-refractivity contribution in [1.82, 2.24) is 10.3 Å². The van der Waals surface area contributed by atoms with Gasteiger partial charge in [0.05, 0.1) is 10.2 Å². The summed E-state index contributed by atoms with van der Waals surface area (Å²) in [6.45, 7) is 2.81. The first-order valence-corrected chi connectivity index (χ1v) is 6.58. The average molecular weight is 307 g/mol. The number of rotatable bonds is 4. The second-order valence-corrected chi connectivity index (χ2v) is 5.00. The van der Waals surface area contributed by atoms with Crippen molar-refractivity contribution in [2.75, 3.05) is 0 Å². The van der Waals surface area contributed by atoms with Crippen molar-refractivity contribution in [3.63, 3.8) is 0 Å². The molecule has 0 radical (unpaired) electrons. The SMILES string of the molecule is C[C@H](NCc1ccc(O)c(Br)c1)c1ccccn1. The number of nitrogens with one attached hydrogen (secondary N) is 1. The Bertz CT molecular complexity index is 516. The first-order chi connectivity index (χ1) is 8.66. The summed E-state index contributed by atoms with van der Waals surface area (Å²) < 4.78 is 0.715. The zero-order chi connectivity index (χ0) is 13.0. The van der Waals surface area contributed by atoms with Crippen molar-refractivity contribution in [3.05, 3.63) is 58.3 Å². The van der Waals surface area contributed by atoms with Crippen LogP contribution >= 0.6 is 15.9 Å². The van der Waals surface area contributed by atoms with Crippen LogP contribution in [0.2, 0.25) is 0 Å². The second kappa shape index (κ2) is 5.98. The maximum Gasteiger partial charge on any atom is 0.129 e. The highest BCUT2D eigenvalue weighted by molar-refractivity contribution is 9.10. The van der Waals surface area contributed by atoms with Crippen LogP contribution in [-0.2, 0) is 6.54 Å². The molecule has 1 aromatic carbocycles. The second-order valence-electron chi connectivity index (χ2n) is 4.14. The molecule has 4 heteroatoms. The van der Waals surface area contributed by atoms with Gasteiger partial charge >= 0.3 is 0 Å². The van der Waals surface area contributed by atoms with Crippen molar-refractivity contribution in [1.29, 1.82) is 0 Å². The molecule has 0 aliphatic rings. The average Bonchev–Trinajstić information content (AvgIpc) is 2.41. The van der Waals surface area contributed by atoms with Crippen LogP contribution in [0, 0.1) is 0 Å². The minimum absolute atomic E-state index is 0.193. The molecule has 1 atom stereocenters. The largest absolute Gasteiger partial charge is 0.507 e. The van der Waals surface area contributed by atoms with Gasteiger partial charge in [-0.2, -0.15) is 0 Å². The molecular weight excluding hydrogens is 292 g/mol. The predicted octanol–water partition coefficient (Wildman–Crippen LogP) is 3.40. The molecule has 18 heavy (non-hydrogen) atoms. The first-order valence-electron chi connectivity index (χ1n) is 5.78. The van der Waals surface area contributed by atoms with Gasteiger partial charge in [0, 0.05) is 18.8 Å². The van der Waals surface area contributed by atoms with Crippen molar-refractivity contribution in [3.8, 4) is 5.75 Å². The van der Waals surface area contributed by atoms with E-state index < -0.39 is 0 Å². The molecular formula is C14H15BrN2O. The van der Waals surface area contributed by atoms with Gasteiger partial charge in [-0.05, 0) is 52.7 Å². The lowest BCUT2D eigenvalue weighted by Gasteiger charge is -2.13. The van der Waals surface area contributed by atoms with Gasteiger partial charge in [0.15, 0.2) is 0 Å². The molecule has 1 heterocycles. The molecule has 0 saturated heterocycles. The molecule has 0 unspecified atom stereocenters. The summed E-state index contributed by atoms with van der Waals surface area (Å²) in [7, 11) is 0. The van der Waals surface area contributed by atoms with Crippen LogP contribution in [0.5, 0.6) is 5.75 Å². The van der Waals surface area contributed by atoms with Crippen LogP contribution in [0.25, 0.3) is 0 Å². The van der Waals surface area contributed by atoms with Crippen LogP contribution < -0.4 is 5.32 Å². The maximum absolute atomic E-state index is 9.42. The fraction of sp³-hybridized carbons (Fsp3) is 0.214. The van der Waals surface area contributed by atoms with E-state index in [9.17, 15) is 5.11 Å². The van der Waals surface area contributed by atoms with Crippen LogP contribution in [0.1, 0.15) is 24.2 Å². The third-order valence-corrected chi connectivity index (χ3v) is 3.39. The lowest BCUT2D eigenvalue weighted by molar-refractivity contribution is 0.471. The quantitative estimate of drug-likeness (QED) is 0.910. The zero-order valence-corrected chi connectivity index (χ0v) is 11.7. The van der Waals surface area contributed by atoms with Gasteiger partial charge in [-0.1, -0.05) is 12.1 Å². The summed E-state index contributed by atoms with van der Waals surface area (Å²) in [4.78, 5) is 4.31. The maximum atomic E-state index is 9.42. The molecule has 3 nitrogen and oxygen atoms in total. The number of aromatic nitrogens is 1. The van der Waals surface area contributed by atoms with Gasteiger partial charge < -0.3 is 10.4 Å². The van der Waals surface area contributed by atoms with E-state index in [0.717, 1.165) is 17.8 Å². The predicted molar refractivity (Wildman–Crippen MR) is 75.3 cm³/mol. The van der Waals surface area contributed by atoms with E-state index in [4.69, 9.17) is 0 Å². The summed E-state index contributed by atoms with van der Waals surface area (Å²) >= 11 is 3.31. The van der Waals surface area contributed by atoms with Crippen LogP contribution in [0.15, 0.2) is 47.1 Å². The highest BCUT2D eigenvalue weighted by atomic mass is 79.9. The number of aromatic hydroxyl groups is 1. The Morgan fingerprint density at radius 3 is 2.83 bits per heavy atom. The molecule has 94 valence electrons. The number of phenolic OH excluding ortho intramolecular Hbond substituents is 1. The van der Waals surface area contributed by atoms with E-state index in [2.05, 4.69) is 33.2 Å². The molecule has 0 amide bonds. The number of halogens is 1. The fourth-order valence-corrected chi connectivity index (χ4v) is 2.09. The summed E-state index contributed by atoms with van der Waals surface area (Å²) in [6, 6.07) is 11.6. The van der Waals surface area contributed by atoms with Crippen LogP contribution in [0.3, 0.4) is 0 Å². The summed E-state index contributed by atoms with van der Waals surface area (Å²) in [6.07, 6.45) is 1.80. The van der Waals surface area contributed by atoms with E-state index in [1.165, 1.54) is 0 Å². The first kappa shape index (κ1) is 13.1. The number of hydrogen-bond donors (Lipinski definition) is 2. The Kier molecular flexibility index (Phi) is 4.33. The Hall–Kier alpha value is -1.39. The molecule has 2 rings (SSSR count). The van der Waals surface area contributed by atoms with Crippen molar-refractivity contribution in [2.45, 2.75) is 19.5 Å². The third-order valence-electron chi connectivity index (χ3n) is 2.76. The van der Waals surface area contributed by atoms with E-state index in [0.29, 0.717) is 4.47 Å². The van der Waals surface area contributed by atoms with Gasteiger partial charge in [-0.15, -0.1) is 0 Å². The molecule has 0 aliphatic heterocycles. The highest BCUT2D eigenvalue weighted by Gasteiger charge is 2.06. The lowest BCUT2D eigenvalue weighted by atomic mass is 10.1. The normalized spacial score (nSPS) is 12.3. The Labute approximate surface area is 115 Å². The highest BCUT2D eigenvalue weighted by Crippen LogP contribution is 2.24. The molecule has 2 aromatic rings. The van der Waals surface area contributed by atoms with E-state index in [1.807, 2.05) is 30.3 Å². The molecule has 0 aliphatic carbocycles. The minimum atomic E-state index is 0.193. The molecule has 0 bridgehead atoms. The van der Waals surface area contributed by atoms with Crippen LogP contribution in [-0.4, -0.2) is 10.1 Å². The molecule has 1 aromatic heterocycles. The lowest BCUT2D eigenvalue weighted by Crippen LogP contribution is -2.18. The van der Waals surface area contributed by atoms with Crippen molar-refractivity contribution >= 4 is 15.9 Å². The summed E-state index contributed by atoms with van der Waals surface area (Å²) in [5.74, 6) is 0.261. The Morgan fingerprint density at radius 2 is 2.17 bits per heavy atom. The fourth-order valence-electron chi connectivity index (χ4n) is 1.67. The van der Waals surface area contributed by atoms with Gasteiger partial charge in [-0.25, -0.2) is 0 Å². The van der Waals surface area contributed by atoms with Gasteiger partial charge in [0.2, 0.25) is 0 Å². The topological polar surface area (TPSA) is 45.1 Å². The minimum Gasteiger partial charge on any atom is -0.507 e. The van der Waals surface area contributed by atoms with E-state index in [1.54, 1.807) is 12.3 Å². The zero-order valence-electron chi connectivity index (χ0n) is 10.1. The van der Waals surface area contributed by atoms with Gasteiger partial charge in [0.25, 0.3) is 0 Å². The number of hydrogen-bond acceptors (Lipinski definition) is 3. The third kappa shape index (κ3) is 3.31.